The molecule has 1 heterocycles. The van der Waals surface area contributed by atoms with Crippen molar-refractivity contribution in [3.05, 3.63) is 157 Å². The Bertz CT molecular complexity index is 3430. The van der Waals surface area contributed by atoms with Gasteiger partial charge < -0.3 is 4.42 Å². The molecule has 1 nitrogen and oxygen atoms in total. The third-order valence-electron chi connectivity index (χ3n) is 7.50. The van der Waals surface area contributed by atoms with E-state index in [1.165, 1.54) is 0 Å². The molecule has 200 valence electrons. The van der Waals surface area contributed by atoms with Gasteiger partial charge in [-0.3, -0.25) is 0 Å². The number of rotatable bonds is 3. The molecule has 0 radical (unpaired) electrons. The van der Waals surface area contributed by atoms with E-state index in [4.69, 9.17) is 22.2 Å². The molecule has 1 aromatic heterocycles. The third-order valence-corrected chi connectivity index (χ3v) is 7.50. The summed E-state index contributed by atoms with van der Waals surface area (Å²) in [7, 11) is 0. The van der Waals surface area contributed by atoms with Crippen molar-refractivity contribution in [3.63, 3.8) is 0 Å². The Morgan fingerprint density at radius 1 is 0.419 bits per heavy atom. The van der Waals surface area contributed by atoms with Gasteiger partial charge in [-0.2, -0.15) is 0 Å². The summed E-state index contributed by atoms with van der Waals surface area (Å²) < 4.78 is 164. The first-order valence-corrected chi connectivity index (χ1v) is 13.3. The van der Waals surface area contributed by atoms with Gasteiger partial charge >= 0.3 is 0 Å². The Morgan fingerprint density at radius 2 is 1.00 bits per heavy atom. The predicted octanol–water partition coefficient (Wildman–Crippen LogP) is 12.0. The number of benzene rings is 8. The van der Waals surface area contributed by atoms with Gasteiger partial charge in [-0.1, -0.05) is 139 Å². The van der Waals surface area contributed by atoms with Crippen molar-refractivity contribution in [1.29, 1.82) is 0 Å². The Morgan fingerprint density at radius 3 is 1.74 bits per heavy atom. The highest BCUT2D eigenvalue weighted by Crippen LogP contribution is 2.46. The van der Waals surface area contributed by atoms with E-state index >= 15 is 0 Å². The summed E-state index contributed by atoms with van der Waals surface area (Å²) in [4.78, 5) is 0. The van der Waals surface area contributed by atoms with Crippen LogP contribution in [0.4, 0.5) is 0 Å². The molecule has 9 rings (SSSR count). The highest BCUT2D eigenvalue weighted by molar-refractivity contribution is 6.25. The number of fused-ring (bicyclic) bond motifs is 6. The molecule has 0 saturated heterocycles. The molecule has 0 aliphatic rings. The maximum absolute atomic E-state index is 9.43. The molecule has 0 bridgehead atoms. The fraction of sp³-hybridized carbons (Fsp3) is 0. The second-order valence-electron chi connectivity index (χ2n) is 9.85. The van der Waals surface area contributed by atoms with E-state index in [0.29, 0.717) is 27.1 Å². The van der Waals surface area contributed by atoms with Crippen LogP contribution in [0.5, 0.6) is 0 Å². The summed E-state index contributed by atoms with van der Waals surface area (Å²) in [5.74, 6) is 0. The van der Waals surface area contributed by atoms with Crippen molar-refractivity contribution < 1.29 is 29.1 Å². The lowest BCUT2D eigenvalue weighted by Gasteiger charge is -2.18. The Labute approximate surface area is 274 Å². The van der Waals surface area contributed by atoms with Crippen LogP contribution in [-0.4, -0.2) is 0 Å². The number of hydrogen-bond donors (Lipinski definition) is 0. The largest absolute Gasteiger partial charge is 0.456 e. The van der Waals surface area contributed by atoms with E-state index in [1.807, 2.05) is 0 Å². The van der Waals surface area contributed by atoms with E-state index in [1.54, 1.807) is 48.5 Å². The first-order valence-electron chi connectivity index (χ1n) is 22.3. The van der Waals surface area contributed by atoms with Crippen molar-refractivity contribution >= 4 is 54.3 Å². The minimum atomic E-state index is -0.724. The van der Waals surface area contributed by atoms with Crippen molar-refractivity contribution in [2.45, 2.75) is 0 Å². The minimum Gasteiger partial charge on any atom is -0.456 e. The fourth-order valence-electron chi connectivity index (χ4n) is 5.68. The maximum Gasteiger partial charge on any atom is 0.136 e. The topological polar surface area (TPSA) is 13.1 Å². The molecule has 9 aromatic rings. The predicted molar refractivity (Wildman–Crippen MR) is 183 cm³/mol. The first-order chi connectivity index (χ1) is 28.8. The van der Waals surface area contributed by atoms with E-state index < -0.39 is 125 Å². The van der Waals surface area contributed by atoms with Crippen LogP contribution in [0.15, 0.2) is 162 Å². The van der Waals surface area contributed by atoms with Gasteiger partial charge in [-0.15, -0.1) is 0 Å². The van der Waals surface area contributed by atoms with Gasteiger partial charge in [0.25, 0.3) is 0 Å². The Balaban J connectivity index is 1.42. The van der Waals surface area contributed by atoms with E-state index in [-0.39, 0.29) is 44.0 Å². The normalized spacial score (nSPS) is 17.6. The van der Waals surface area contributed by atoms with Crippen molar-refractivity contribution in [1.82, 2.24) is 0 Å². The highest BCUT2D eigenvalue weighted by atomic mass is 16.3. The molecule has 1 heteroatoms. The van der Waals surface area contributed by atoms with Crippen molar-refractivity contribution in [2.24, 2.45) is 0 Å². The fourth-order valence-corrected chi connectivity index (χ4v) is 5.68. The van der Waals surface area contributed by atoms with Crippen molar-refractivity contribution in [3.8, 4) is 33.4 Å². The second-order valence-corrected chi connectivity index (χ2v) is 9.85. The molecule has 0 aliphatic heterocycles. The van der Waals surface area contributed by atoms with Crippen LogP contribution in [0.3, 0.4) is 0 Å². The minimum absolute atomic E-state index is 0.0102. The maximum atomic E-state index is 9.43. The van der Waals surface area contributed by atoms with Gasteiger partial charge in [0.05, 0.1) is 24.7 Å². The monoisotopic (exact) mass is 564 g/mol. The molecule has 0 aliphatic carbocycles. The van der Waals surface area contributed by atoms with E-state index in [9.17, 15) is 6.85 Å². The zero-order valence-electron chi connectivity index (χ0n) is 40.0. The summed E-state index contributed by atoms with van der Waals surface area (Å²) in [5.41, 5.74) is -1.16. The van der Waals surface area contributed by atoms with Gasteiger partial charge in [0.1, 0.15) is 11.2 Å². The molecule has 0 N–H and O–H groups in total. The van der Waals surface area contributed by atoms with Crippen LogP contribution in [0.1, 0.15) is 24.7 Å². The molecular weight excluding hydrogens is 520 g/mol. The average Bonchev–Trinajstić information content (AvgIpc) is 3.65. The first kappa shape index (κ1) is 12.3. The number of hydrogen-bond acceptors (Lipinski definition) is 1. The summed E-state index contributed by atoms with van der Waals surface area (Å²) in [6.07, 6.45) is 0. The number of furan rings is 1. The lowest BCUT2D eigenvalue weighted by Crippen LogP contribution is -1.91. The van der Waals surface area contributed by atoms with Crippen LogP contribution < -0.4 is 0 Å². The average molecular weight is 565 g/mol. The van der Waals surface area contributed by atoms with Gasteiger partial charge in [-0.05, 0) is 83.8 Å². The smallest absolute Gasteiger partial charge is 0.136 e. The van der Waals surface area contributed by atoms with Gasteiger partial charge in [0, 0.05) is 10.8 Å². The van der Waals surface area contributed by atoms with Gasteiger partial charge in [0.2, 0.25) is 0 Å². The molecule has 0 spiro atoms. The Hall–Kier alpha value is -5.66. The SMILES string of the molecule is [2H]c1c([2H])c(-c2c3ccccc3c(-c3c([2H])c([2H])c([2H])c4oc5c([2H])c([2H])c([2H])c([2H])c5c34)c3ccccc23)c([2H])c([2H])c1-c1c([2H])c([2H])c2c([2H])c([2H])c([2H])c([2H])c2c1[2H]. The van der Waals surface area contributed by atoms with Crippen LogP contribution >= 0.6 is 0 Å². The molecule has 8 aromatic carbocycles. The molecule has 0 atom stereocenters. The van der Waals surface area contributed by atoms with Gasteiger partial charge in [-0.25, -0.2) is 0 Å². The van der Waals surface area contributed by atoms with Crippen LogP contribution in [0, 0.1) is 0 Å². The molecule has 0 fully saturated rings. The third kappa shape index (κ3) is 3.72. The Kier molecular flexibility index (Phi) is 2.70. The van der Waals surface area contributed by atoms with Crippen LogP contribution in [0.25, 0.3) is 87.6 Å². The summed E-state index contributed by atoms with van der Waals surface area (Å²) in [6.45, 7) is 0. The zero-order chi connectivity index (χ0) is 44.0. The molecule has 0 unspecified atom stereocenters. The standard InChI is InChI=1S/C42H26O/c1-2-11-30-26-31(25-22-27(30)10-1)28-20-23-29(24-21-28)40-32-12-3-5-14-34(32)41(35-15-6-4-13-33(35)40)37-17-9-19-39-42(37)36-16-7-8-18-38(36)43-39/h1-26H/i1D,2D,7D,8D,9D,10D,11D,16D,17D,18D,19D,20D,21D,22D,23D,24D,25D,26D. The molecule has 43 heavy (non-hydrogen) atoms. The van der Waals surface area contributed by atoms with Crippen molar-refractivity contribution in [2.75, 3.05) is 0 Å². The number of para-hydroxylation sites is 1. The quantitative estimate of drug-likeness (QED) is 0.195. The zero-order valence-corrected chi connectivity index (χ0v) is 22.0. The summed E-state index contributed by atoms with van der Waals surface area (Å²) >= 11 is 0. The lowest BCUT2D eigenvalue weighted by atomic mass is 9.84. The van der Waals surface area contributed by atoms with E-state index in [2.05, 4.69) is 0 Å². The summed E-state index contributed by atoms with van der Waals surface area (Å²) in [5, 5.41) is 0.587. The van der Waals surface area contributed by atoms with Crippen LogP contribution in [-0.2, 0) is 0 Å². The van der Waals surface area contributed by atoms with Crippen LogP contribution in [0.2, 0.25) is 0 Å². The highest BCUT2D eigenvalue weighted by Gasteiger charge is 2.20. The van der Waals surface area contributed by atoms with Gasteiger partial charge in [0.15, 0.2) is 0 Å². The lowest BCUT2D eigenvalue weighted by molar-refractivity contribution is 0.669. The molecule has 0 saturated carbocycles. The molecule has 0 amide bonds. The summed E-state index contributed by atoms with van der Waals surface area (Å²) in [6, 6.07) is 2.52. The second kappa shape index (κ2) is 9.44. The van der Waals surface area contributed by atoms with E-state index in [0.717, 1.165) is 0 Å². The molecular formula is C42H26O.